The SMILES string of the molecule is Cn1c(=O)n(C)c2cc(-c3ccc(C(F)(F)F)c(F)c3)ccc21. The van der Waals surface area contributed by atoms with E-state index < -0.39 is 17.6 Å². The molecule has 0 bridgehead atoms. The summed E-state index contributed by atoms with van der Waals surface area (Å²) in [6.45, 7) is 0. The molecule has 23 heavy (non-hydrogen) atoms. The third kappa shape index (κ3) is 2.42. The van der Waals surface area contributed by atoms with Crippen LogP contribution in [0.1, 0.15) is 5.56 Å². The number of imidazole rings is 1. The summed E-state index contributed by atoms with van der Waals surface area (Å²) in [6.07, 6.45) is -4.73. The van der Waals surface area contributed by atoms with Crippen molar-refractivity contribution in [3.8, 4) is 11.1 Å². The fraction of sp³-hybridized carbons (Fsp3) is 0.188. The Morgan fingerprint density at radius 1 is 0.870 bits per heavy atom. The zero-order chi connectivity index (χ0) is 16.9. The van der Waals surface area contributed by atoms with Gasteiger partial charge in [0.1, 0.15) is 5.82 Å². The molecule has 0 radical (unpaired) electrons. The molecule has 0 fully saturated rings. The molecule has 1 aromatic heterocycles. The second kappa shape index (κ2) is 4.97. The van der Waals surface area contributed by atoms with Gasteiger partial charge in [-0.3, -0.25) is 9.13 Å². The molecule has 0 amide bonds. The number of halogens is 4. The average Bonchev–Trinajstić information content (AvgIpc) is 2.70. The van der Waals surface area contributed by atoms with E-state index in [1.54, 1.807) is 32.3 Å². The first-order valence-electron chi connectivity index (χ1n) is 6.72. The van der Waals surface area contributed by atoms with Gasteiger partial charge < -0.3 is 0 Å². The number of aromatic nitrogens is 2. The summed E-state index contributed by atoms with van der Waals surface area (Å²) < 4.78 is 54.4. The number of hydrogen-bond acceptors (Lipinski definition) is 1. The van der Waals surface area contributed by atoms with E-state index in [1.807, 2.05) is 0 Å². The highest BCUT2D eigenvalue weighted by molar-refractivity contribution is 5.82. The molecule has 1 heterocycles. The molecule has 0 N–H and O–H groups in total. The van der Waals surface area contributed by atoms with Gasteiger partial charge in [-0.25, -0.2) is 9.18 Å². The van der Waals surface area contributed by atoms with Crippen LogP contribution in [0.25, 0.3) is 22.2 Å². The Bertz CT molecular complexity index is 967. The highest BCUT2D eigenvalue weighted by Gasteiger charge is 2.33. The Balaban J connectivity index is 2.16. The van der Waals surface area contributed by atoms with Crippen LogP contribution < -0.4 is 5.69 Å². The maximum absolute atomic E-state index is 13.7. The summed E-state index contributed by atoms with van der Waals surface area (Å²) in [5.74, 6) is -1.32. The summed E-state index contributed by atoms with van der Waals surface area (Å²) in [6, 6.07) is 7.77. The Hall–Kier alpha value is -2.57. The van der Waals surface area contributed by atoms with E-state index in [-0.39, 0.29) is 5.69 Å². The van der Waals surface area contributed by atoms with E-state index in [0.29, 0.717) is 22.2 Å². The largest absolute Gasteiger partial charge is 0.419 e. The molecule has 3 rings (SSSR count). The lowest BCUT2D eigenvalue weighted by molar-refractivity contribution is -0.139. The lowest BCUT2D eigenvalue weighted by Crippen LogP contribution is -2.19. The topological polar surface area (TPSA) is 26.9 Å². The number of nitrogens with zero attached hydrogens (tertiary/aromatic N) is 2. The van der Waals surface area contributed by atoms with Crippen LogP contribution in [0.15, 0.2) is 41.2 Å². The van der Waals surface area contributed by atoms with Crippen LogP contribution >= 0.6 is 0 Å². The lowest BCUT2D eigenvalue weighted by atomic mass is 10.0. The highest BCUT2D eigenvalue weighted by Crippen LogP contribution is 2.33. The summed E-state index contributed by atoms with van der Waals surface area (Å²) >= 11 is 0. The summed E-state index contributed by atoms with van der Waals surface area (Å²) in [4.78, 5) is 11.9. The summed E-state index contributed by atoms with van der Waals surface area (Å²) in [7, 11) is 3.23. The van der Waals surface area contributed by atoms with Crippen molar-refractivity contribution in [2.24, 2.45) is 14.1 Å². The molecule has 0 atom stereocenters. The van der Waals surface area contributed by atoms with Gasteiger partial charge in [0.2, 0.25) is 0 Å². The van der Waals surface area contributed by atoms with Crippen LogP contribution in [0.4, 0.5) is 17.6 Å². The molecule has 3 aromatic rings. The molecule has 0 saturated carbocycles. The Morgan fingerprint density at radius 2 is 1.43 bits per heavy atom. The van der Waals surface area contributed by atoms with Crippen molar-refractivity contribution in [1.82, 2.24) is 9.13 Å². The van der Waals surface area contributed by atoms with Crippen molar-refractivity contribution in [3.05, 3.63) is 58.3 Å². The Morgan fingerprint density at radius 3 is 2.04 bits per heavy atom. The molecule has 3 nitrogen and oxygen atoms in total. The van der Waals surface area contributed by atoms with Crippen molar-refractivity contribution < 1.29 is 17.6 Å². The number of benzene rings is 2. The summed E-state index contributed by atoms with van der Waals surface area (Å²) in [5.41, 5.74) is 0.647. The second-order valence-electron chi connectivity index (χ2n) is 5.30. The Labute approximate surface area is 128 Å². The zero-order valence-corrected chi connectivity index (χ0v) is 12.3. The van der Waals surface area contributed by atoms with E-state index in [9.17, 15) is 22.4 Å². The van der Waals surface area contributed by atoms with Gasteiger partial charge in [0, 0.05) is 14.1 Å². The Kier molecular flexibility index (Phi) is 3.31. The third-order valence-electron chi connectivity index (χ3n) is 3.88. The minimum Gasteiger partial charge on any atom is -0.295 e. The molecule has 2 aromatic carbocycles. The molecule has 0 aliphatic heterocycles. The predicted molar refractivity (Wildman–Crippen MR) is 78.6 cm³/mol. The molecule has 0 unspecified atom stereocenters. The monoisotopic (exact) mass is 324 g/mol. The zero-order valence-electron chi connectivity index (χ0n) is 12.3. The van der Waals surface area contributed by atoms with Crippen LogP contribution in [0.2, 0.25) is 0 Å². The minimum atomic E-state index is -4.73. The van der Waals surface area contributed by atoms with Crippen LogP contribution in [-0.2, 0) is 20.3 Å². The molecular weight excluding hydrogens is 312 g/mol. The average molecular weight is 324 g/mol. The molecule has 0 aliphatic carbocycles. The van der Waals surface area contributed by atoms with Gasteiger partial charge in [-0.05, 0) is 35.4 Å². The maximum Gasteiger partial charge on any atom is 0.419 e. The first-order chi connectivity index (χ1) is 10.7. The van der Waals surface area contributed by atoms with Gasteiger partial charge in [-0.1, -0.05) is 12.1 Å². The van der Waals surface area contributed by atoms with E-state index in [1.165, 1.54) is 15.2 Å². The highest BCUT2D eigenvalue weighted by atomic mass is 19.4. The van der Waals surface area contributed by atoms with Crippen molar-refractivity contribution in [2.75, 3.05) is 0 Å². The van der Waals surface area contributed by atoms with Crippen LogP contribution in [0.3, 0.4) is 0 Å². The lowest BCUT2D eigenvalue weighted by Gasteiger charge is -2.10. The van der Waals surface area contributed by atoms with Gasteiger partial charge in [0.05, 0.1) is 16.6 Å². The van der Waals surface area contributed by atoms with Gasteiger partial charge in [0.25, 0.3) is 0 Å². The van der Waals surface area contributed by atoms with E-state index in [4.69, 9.17) is 0 Å². The first kappa shape index (κ1) is 15.3. The molecule has 0 spiro atoms. The fourth-order valence-electron chi connectivity index (χ4n) is 2.61. The normalized spacial score (nSPS) is 12.1. The second-order valence-corrected chi connectivity index (χ2v) is 5.30. The quantitative estimate of drug-likeness (QED) is 0.627. The van der Waals surface area contributed by atoms with E-state index >= 15 is 0 Å². The van der Waals surface area contributed by atoms with Crippen LogP contribution in [0.5, 0.6) is 0 Å². The number of hydrogen-bond donors (Lipinski definition) is 0. The van der Waals surface area contributed by atoms with Gasteiger partial charge in [0.15, 0.2) is 0 Å². The molecule has 0 saturated heterocycles. The van der Waals surface area contributed by atoms with Crippen molar-refractivity contribution in [3.63, 3.8) is 0 Å². The molecule has 120 valence electrons. The van der Waals surface area contributed by atoms with Crippen molar-refractivity contribution in [1.29, 1.82) is 0 Å². The van der Waals surface area contributed by atoms with Crippen molar-refractivity contribution >= 4 is 11.0 Å². The third-order valence-corrected chi connectivity index (χ3v) is 3.88. The molecular formula is C16H12F4N2O. The summed E-state index contributed by atoms with van der Waals surface area (Å²) in [5, 5.41) is 0. The minimum absolute atomic E-state index is 0.212. The number of aryl methyl sites for hydroxylation is 2. The van der Waals surface area contributed by atoms with Crippen LogP contribution in [-0.4, -0.2) is 9.13 Å². The predicted octanol–water partition coefficient (Wildman–Crippen LogP) is 3.70. The maximum atomic E-state index is 13.7. The fourth-order valence-corrected chi connectivity index (χ4v) is 2.61. The van der Waals surface area contributed by atoms with Gasteiger partial charge >= 0.3 is 11.9 Å². The number of rotatable bonds is 1. The molecule has 0 aliphatic rings. The smallest absolute Gasteiger partial charge is 0.295 e. The van der Waals surface area contributed by atoms with Crippen LogP contribution in [0, 0.1) is 5.82 Å². The first-order valence-corrected chi connectivity index (χ1v) is 6.72. The van der Waals surface area contributed by atoms with E-state index in [0.717, 1.165) is 12.1 Å². The number of alkyl halides is 3. The van der Waals surface area contributed by atoms with Gasteiger partial charge in [-0.2, -0.15) is 13.2 Å². The molecule has 7 heteroatoms. The standard InChI is InChI=1S/C16H12F4N2O/c1-21-13-6-4-10(8-14(13)22(2)15(21)23)9-3-5-11(12(17)7-9)16(18,19)20/h3-8H,1-2H3. The van der Waals surface area contributed by atoms with E-state index in [2.05, 4.69) is 0 Å². The number of fused-ring (bicyclic) bond motifs is 1. The van der Waals surface area contributed by atoms with Gasteiger partial charge in [-0.15, -0.1) is 0 Å². The van der Waals surface area contributed by atoms with Crippen molar-refractivity contribution in [2.45, 2.75) is 6.18 Å².